The lowest BCUT2D eigenvalue weighted by molar-refractivity contribution is 0.0497. The van der Waals surface area contributed by atoms with Crippen LogP contribution in [0.1, 0.15) is 60.8 Å². The molecule has 17 heavy (non-hydrogen) atoms. The number of nitrogens with one attached hydrogen (secondary N) is 1. The molecule has 0 spiro atoms. The molecule has 0 bridgehead atoms. The van der Waals surface area contributed by atoms with E-state index in [0.29, 0.717) is 11.5 Å². The summed E-state index contributed by atoms with van der Waals surface area (Å²) in [7, 11) is 0. The molecule has 3 atom stereocenters. The maximum absolute atomic E-state index is 3.76. The van der Waals surface area contributed by atoms with Crippen LogP contribution >= 0.6 is 0 Å². The molecule has 1 rings (SSSR count). The number of hydrogen-bond donors (Lipinski definition) is 1. The molecule has 2 heteroatoms. The third-order valence-electron chi connectivity index (χ3n) is 4.29. The third-order valence-corrected chi connectivity index (χ3v) is 4.29. The summed E-state index contributed by atoms with van der Waals surface area (Å²) < 4.78 is 0. The summed E-state index contributed by atoms with van der Waals surface area (Å²) in [5.74, 6) is 0. The Hall–Kier alpha value is -0.0800. The predicted octanol–water partition coefficient (Wildman–Crippen LogP) is 3.27. The van der Waals surface area contributed by atoms with Crippen LogP contribution in [-0.2, 0) is 0 Å². The molecule has 0 radical (unpaired) electrons. The zero-order valence-electron chi connectivity index (χ0n) is 12.7. The Labute approximate surface area is 108 Å². The van der Waals surface area contributed by atoms with Crippen molar-refractivity contribution in [2.75, 3.05) is 13.1 Å². The van der Waals surface area contributed by atoms with Gasteiger partial charge in [0.15, 0.2) is 0 Å². The van der Waals surface area contributed by atoms with Gasteiger partial charge in [0.25, 0.3) is 0 Å². The van der Waals surface area contributed by atoms with Gasteiger partial charge < -0.3 is 5.32 Å². The van der Waals surface area contributed by atoms with E-state index in [2.05, 4.69) is 51.8 Å². The van der Waals surface area contributed by atoms with Crippen molar-refractivity contribution in [2.45, 2.75) is 78.9 Å². The molecule has 3 unspecified atom stereocenters. The van der Waals surface area contributed by atoms with E-state index < -0.39 is 0 Å². The van der Waals surface area contributed by atoms with E-state index in [-0.39, 0.29) is 0 Å². The van der Waals surface area contributed by atoms with Gasteiger partial charge in [0.2, 0.25) is 0 Å². The molecular weight excluding hydrogens is 208 g/mol. The van der Waals surface area contributed by atoms with Crippen molar-refractivity contribution in [2.24, 2.45) is 5.41 Å². The maximum atomic E-state index is 3.76. The molecular formula is C15H32N2. The molecule has 1 fully saturated rings. The van der Waals surface area contributed by atoms with Crippen LogP contribution < -0.4 is 5.32 Å². The van der Waals surface area contributed by atoms with Gasteiger partial charge in [-0.25, -0.2) is 0 Å². The van der Waals surface area contributed by atoms with Crippen molar-refractivity contribution in [1.82, 2.24) is 10.2 Å². The summed E-state index contributed by atoms with van der Waals surface area (Å²) in [6.45, 7) is 16.4. The highest BCUT2D eigenvalue weighted by Crippen LogP contribution is 2.26. The summed E-state index contributed by atoms with van der Waals surface area (Å²) in [5.41, 5.74) is 0.364. The Kier molecular flexibility index (Phi) is 5.46. The summed E-state index contributed by atoms with van der Waals surface area (Å²) >= 11 is 0. The fourth-order valence-electron chi connectivity index (χ4n) is 2.78. The third kappa shape index (κ3) is 3.96. The van der Waals surface area contributed by atoms with Crippen molar-refractivity contribution in [3.8, 4) is 0 Å². The molecule has 0 saturated carbocycles. The molecule has 2 nitrogen and oxygen atoms in total. The van der Waals surface area contributed by atoms with Gasteiger partial charge >= 0.3 is 0 Å². The topological polar surface area (TPSA) is 15.3 Å². The van der Waals surface area contributed by atoms with Gasteiger partial charge in [-0.05, 0) is 25.2 Å². The van der Waals surface area contributed by atoms with E-state index >= 15 is 0 Å². The Bertz CT molecular complexity index is 219. The highest BCUT2D eigenvalue weighted by molar-refractivity contribution is 4.93. The minimum absolute atomic E-state index is 0.364. The molecule has 1 saturated heterocycles. The fraction of sp³-hybridized carbons (Fsp3) is 1.00. The fourth-order valence-corrected chi connectivity index (χ4v) is 2.78. The molecule has 1 aliphatic heterocycles. The molecule has 1 heterocycles. The highest BCUT2D eigenvalue weighted by Gasteiger charge is 2.35. The summed E-state index contributed by atoms with van der Waals surface area (Å²) in [4.78, 5) is 2.75. The predicted molar refractivity (Wildman–Crippen MR) is 76.4 cm³/mol. The molecule has 0 aromatic heterocycles. The van der Waals surface area contributed by atoms with E-state index in [9.17, 15) is 0 Å². The van der Waals surface area contributed by atoms with Gasteiger partial charge in [-0.15, -0.1) is 0 Å². The van der Waals surface area contributed by atoms with Crippen LogP contribution in [0.5, 0.6) is 0 Å². The zero-order chi connectivity index (χ0) is 13.1. The Morgan fingerprint density at radius 2 is 1.94 bits per heavy atom. The first-order chi connectivity index (χ1) is 7.90. The molecule has 1 N–H and O–H groups in total. The number of nitrogens with zero attached hydrogens (tertiary/aromatic N) is 1. The zero-order valence-corrected chi connectivity index (χ0v) is 12.7. The van der Waals surface area contributed by atoms with Crippen LogP contribution in [0.25, 0.3) is 0 Å². The van der Waals surface area contributed by atoms with E-state index in [0.717, 1.165) is 12.1 Å². The van der Waals surface area contributed by atoms with Gasteiger partial charge in [-0.3, -0.25) is 4.90 Å². The summed E-state index contributed by atoms with van der Waals surface area (Å²) in [6, 6.07) is 2.09. The van der Waals surface area contributed by atoms with E-state index in [4.69, 9.17) is 0 Å². The molecule has 0 aromatic carbocycles. The maximum Gasteiger partial charge on any atom is 0.0244 e. The first kappa shape index (κ1) is 15.0. The second-order valence-electron chi connectivity index (χ2n) is 6.72. The lowest BCUT2D eigenvalue weighted by atomic mass is 9.84. The first-order valence-electron chi connectivity index (χ1n) is 7.39. The molecule has 0 amide bonds. The van der Waals surface area contributed by atoms with Crippen molar-refractivity contribution in [1.29, 1.82) is 0 Å². The van der Waals surface area contributed by atoms with Crippen LogP contribution in [0, 0.1) is 5.41 Å². The number of hydrogen-bond acceptors (Lipinski definition) is 2. The molecule has 1 aliphatic rings. The molecule has 0 aromatic rings. The monoisotopic (exact) mass is 240 g/mol. The lowest BCUT2D eigenvalue weighted by Gasteiger charge is -2.47. The van der Waals surface area contributed by atoms with Crippen LogP contribution in [0.4, 0.5) is 0 Å². The van der Waals surface area contributed by atoms with Crippen molar-refractivity contribution in [3.05, 3.63) is 0 Å². The normalized spacial score (nSPS) is 29.3. The molecule has 0 aliphatic carbocycles. The summed E-state index contributed by atoms with van der Waals surface area (Å²) in [5, 5.41) is 3.76. The Balaban J connectivity index is 2.69. The lowest BCUT2D eigenvalue weighted by Crippen LogP contribution is -2.62. The van der Waals surface area contributed by atoms with E-state index in [1.165, 1.54) is 32.4 Å². The average molecular weight is 240 g/mol. The molecule has 102 valence electrons. The van der Waals surface area contributed by atoms with Gasteiger partial charge in [0.1, 0.15) is 0 Å². The van der Waals surface area contributed by atoms with Crippen molar-refractivity contribution in [3.63, 3.8) is 0 Å². The standard InChI is InChI=1S/C15H32N2/c1-7-9-13-10-16-14(15(4,5)6)11-17(13)12(3)8-2/h12-14,16H,7-11H2,1-6H3. The van der Waals surface area contributed by atoms with Gasteiger partial charge in [0.05, 0.1) is 0 Å². The minimum Gasteiger partial charge on any atom is -0.311 e. The first-order valence-corrected chi connectivity index (χ1v) is 7.39. The minimum atomic E-state index is 0.364. The van der Waals surface area contributed by atoms with Crippen LogP contribution in [-0.4, -0.2) is 36.1 Å². The quantitative estimate of drug-likeness (QED) is 0.811. The van der Waals surface area contributed by atoms with Crippen LogP contribution in [0.3, 0.4) is 0 Å². The average Bonchev–Trinajstić information content (AvgIpc) is 2.27. The SMILES string of the molecule is CCCC1CNC(C(C)(C)C)CN1C(C)CC. The van der Waals surface area contributed by atoms with E-state index in [1.54, 1.807) is 0 Å². The summed E-state index contributed by atoms with van der Waals surface area (Å²) in [6.07, 6.45) is 3.88. The smallest absolute Gasteiger partial charge is 0.0244 e. The van der Waals surface area contributed by atoms with Gasteiger partial charge in [-0.2, -0.15) is 0 Å². The second kappa shape index (κ2) is 6.19. The van der Waals surface area contributed by atoms with Gasteiger partial charge in [-0.1, -0.05) is 41.0 Å². The van der Waals surface area contributed by atoms with Crippen molar-refractivity contribution < 1.29 is 0 Å². The Morgan fingerprint density at radius 1 is 1.29 bits per heavy atom. The van der Waals surface area contributed by atoms with Crippen molar-refractivity contribution >= 4 is 0 Å². The number of piperazine rings is 1. The number of rotatable bonds is 4. The van der Waals surface area contributed by atoms with E-state index in [1.807, 2.05) is 0 Å². The second-order valence-corrected chi connectivity index (χ2v) is 6.72. The Morgan fingerprint density at radius 3 is 2.41 bits per heavy atom. The van der Waals surface area contributed by atoms with Crippen LogP contribution in [0.2, 0.25) is 0 Å². The largest absolute Gasteiger partial charge is 0.311 e. The van der Waals surface area contributed by atoms with Gasteiger partial charge in [0, 0.05) is 31.2 Å². The van der Waals surface area contributed by atoms with Crippen LogP contribution in [0.15, 0.2) is 0 Å². The highest BCUT2D eigenvalue weighted by atomic mass is 15.3.